The van der Waals surface area contributed by atoms with E-state index in [0.717, 1.165) is 21.8 Å². The van der Waals surface area contributed by atoms with Crippen molar-refractivity contribution in [2.75, 3.05) is 5.75 Å². The molecule has 1 fully saturated rings. The minimum absolute atomic E-state index is 0.00281. The van der Waals surface area contributed by atoms with Crippen LogP contribution in [0.3, 0.4) is 0 Å². The van der Waals surface area contributed by atoms with E-state index in [2.05, 4.69) is 15.3 Å². The largest absolute Gasteiger partial charge is 0.477 e. The number of nitrogens with one attached hydrogen (secondary N) is 2. The quantitative estimate of drug-likeness (QED) is 0.402. The van der Waals surface area contributed by atoms with Gasteiger partial charge in [-0.05, 0) is 23.3 Å². The molecule has 1 saturated heterocycles. The second-order valence-corrected chi connectivity index (χ2v) is 10.4. The Morgan fingerprint density at radius 3 is 2.60 bits per heavy atom. The van der Waals surface area contributed by atoms with Gasteiger partial charge in [-0.25, -0.2) is 9.78 Å². The van der Waals surface area contributed by atoms with E-state index in [1.54, 1.807) is 12.4 Å². The Labute approximate surface area is 210 Å². The minimum atomic E-state index is -1.14. The summed E-state index contributed by atoms with van der Waals surface area (Å²) in [5.41, 5.74) is 1.93. The van der Waals surface area contributed by atoms with Crippen LogP contribution < -0.4 is 5.32 Å². The van der Waals surface area contributed by atoms with Crippen molar-refractivity contribution in [3.63, 3.8) is 0 Å². The number of H-pyrrole nitrogens is 1. The molecule has 0 spiro atoms. The van der Waals surface area contributed by atoms with Gasteiger partial charge >= 0.3 is 5.97 Å². The zero-order valence-electron chi connectivity index (χ0n) is 18.5. The van der Waals surface area contributed by atoms with Crippen LogP contribution in [-0.2, 0) is 27.2 Å². The molecule has 178 valence electrons. The fourth-order valence-electron chi connectivity index (χ4n) is 4.08. The van der Waals surface area contributed by atoms with E-state index >= 15 is 0 Å². The number of hydrogen-bond donors (Lipinski definition) is 3. The van der Waals surface area contributed by atoms with Gasteiger partial charge in [-0.15, -0.1) is 11.8 Å². The van der Waals surface area contributed by atoms with E-state index in [-0.39, 0.29) is 18.0 Å². The van der Waals surface area contributed by atoms with Crippen LogP contribution >= 0.6 is 23.5 Å². The van der Waals surface area contributed by atoms with E-state index in [1.165, 1.54) is 28.4 Å². The first-order valence-corrected chi connectivity index (χ1v) is 12.9. The summed E-state index contributed by atoms with van der Waals surface area (Å²) in [6.45, 7) is 0. The molecular formula is C25H22N4O4S2. The lowest BCUT2D eigenvalue weighted by Crippen LogP contribution is -2.70. The standard InChI is InChI=1S/C25H22N4O4S2/c30-20(13-15-4-2-1-3-5-15)28-21-23(31)29-22(25(32)33)18(14-34-24(21)29)35-17-8-6-16(7-9-17)12-19-26-10-11-27-19/h1-11,21,24H,12-14H2,(H,26,27)(H,28,30)(H,32,33)/t21-,24-/m1/s1. The van der Waals surface area contributed by atoms with Crippen LogP contribution in [-0.4, -0.2) is 54.9 Å². The molecular weight excluding hydrogens is 484 g/mol. The Morgan fingerprint density at radius 1 is 1.14 bits per heavy atom. The first kappa shape index (κ1) is 23.3. The Hall–Kier alpha value is -3.50. The molecule has 3 N–H and O–H groups in total. The molecule has 0 aliphatic carbocycles. The molecule has 8 nitrogen and oxygen atoms in total. The molecule has 2 atom stereocenters. The Morgan fingerprint density at radius 2 is 1.91 bits per heavy atom. The number of hydrogen-bond acceptors (Lipinski definition) is 6. The number of rotatable bonds is 8. The maximum absolute atomic E-state index is 12.9. The summed E-state index contributed by atoms with van der Waals surface area (Å²) >= 11 is 2.81. The molecule has 2 aliphatic heterocycles. The van der Waals surface area contributed by atoms with Crippen molar-refractivity contribution in [3.05, 3.63) is 94.5 Å². The van der Waals surface area contributed by atoms with E-state index in [1.807, 2.05) is 54.6 Å². The third kappa shape index (κ3) is 4.98. The number of aliphatic carboxylic acids is 1. The van der Waals surface area contributed by atoms with Crippen LogP contribution in [0.1, 0.15) is 17.0 Å². The Kier molecular flexibility index (Phi) is 6.65. The lowest BCUT2D eigenvalue weighted by atomic mass is 10.0. The molecule has 2 aliphatic rings. The van der Waals surface area contributed by atoms with Gasteiger partial charge in [0.2, 0.25) is 5.91 Å². The Bertz CT molecular complexity index is 1280. The highest BCUT2D eigenvalue weighted by Crippen LogP contribution is 2.45. The number of carboxylic acid groups (broad SMARTS) is 1. The number of thioether (sulfide) groups is 2. The average Bonchev–Trinajstić information content (AvgIpc) is 3.37. The van der Waals surface area contributed by atoms with E-state index in [0.29, 0.717) is 17.1 Å². The summed E-state index contributed by atoms with van der Waals surface area (Å²) in [4.78, 5) is 47.6. The first-order chi connectivity index (χ1) is 17.0. The highest BCUT2D eigenvalue weighted by atomic mass is 32.2. The third-order valence-electron chi connectivity index (χ3n) is 5.75. The number of benzene rings is 2. The molecule has 1 aromatic heterocycles. The fraction of sp³-hybridized carbons (Fsp3) is 0.200. The van der Waals surface area contributed by atoms with Gasteiger partial charge in [0.15, 0.2) is 0 Å². The topological polar surface area (TPSA) is 115 Å². The number of aromatic nitrogens is 2. The first-order valence-electron chi connectivity index (χ1n) is 11.0. The van der Waals surface area contributed by atoms with E-state index in [4.69, 9.17) is 0 Å². The number of aromatic amines is 1. The summed E-state index contributed by atoms with van der Waals surface area (Å²) in [6, 6.07) is 16.4. The van der Waals surface area contributed by atoms with Gasteiger partial charge in [0.05, 0.1) is 6.42 Å². The van der Waals surface area contributed by atoms with Gasteiger partial charge in [-0.2, -0.15) is 0 Å². The van der Waals surface area contributed by atoms with Gasteiger partial charge in [-0.1, -0.05) is 54.2 Å². The number of carboxylic acids is 1. The molecule has 10 heteroatoms. The molecule has 0 radical (unpaired) electrons. The average molecular weight is 507 g/mol. The maximum atomic E-state index is 12.9. The molecule has 2 amide bonds. The smallest absolute Gasteiger partial charge is 0.353 e. The monoisotopic (exact) mass is 506 g/mol. The number of nitrogens with zero attached hydrogens (tertiary/aromatic N) is 2. The predicted molar refractivity (Wildman–Crippen MR) is 134 cm³/mol. The van der Waals surface area contributed by atoms with Crippen LogP contribution in [0.4, 0.5) is 0 Å². The van der Waals surface area contributed by atoms with Crippen molar-refractivity contribution in [2.45, 2.75) is 29.2 Å². The number of carbonyl (C=O) groups is 3. The fourth-order valence-corrected chi connectivity index (χ4v) is 6.55. The van der Waals surface area contributed by atoms with Crippen LogP contribution in [0.15, 0.2) is 82.5 Å². The lowest BCUT2D eigenvalue weighted by Gasteiger charge is -2.49. The second-order valence-electron chi connectivity index (χ2n) is 8.15. The molecule has 0 unspecified atom stereocenters. The number of fused-ring (bicyclic) bond motifs is 1. The van der Waals surface area contributed by atoms with Crippen LogP contribution in [0.5, 0.6) is 0 Å². The summed E-state index contributed by atoms with van der Waals surface area (Å²) < 4.78 is 0. The lowest BCUT2D eigenvalue weighted by molar-refractivity contribution is -0.150. The second kappa shape index (κ2) is 10.0. The van der Waals surface area contributed by atoms with Crippen molar-refractivity contribution in [1.82, 2.24) is 20.2 Å². The molecule has 0 saturated carbocycles. The normalized spacial score (nSPS) is 19.2. The predicted octanol–water partition coefficient (Wildman–Crippen LogP) is 3.03. The summed E-state index contributed by atoms with van der Waals surface area (Å²) in [6.07, 6.45) is 4.34. The summed E-state index contributed by atoms with van der Waals surface area (Å²) in [5, 5.41) is 12.3. The SMILES string of the molecule is O=C(Cc1ccccc1)N[C@@H]1C(=O)N2C(C(=O)O)=C(Sc3ccc(Cc4ncc[nH]4)cc3)CS[C@H]12. The zero-order valence-corrected chi connectivity index (χ0v) is 20.1. The van der Waals surface area contributed by atoms with Crippen molar-refractivity contribution < 1.29 is 19.5 Å². The van der Waals surface area contributed by atoms with Crippen molar-refractivity contribution in [2.24, 2.45) is 0 Å². The maximum Gasteiger partial charge on any atom is 0.353 e. The highest BCUT2D eigenvalue weighted by molar-refractivity contribution is 8.06. The van der Waals surface area contributed by atoms with Gasteiger partial charge in [-0.3, -0.25) is 14.5 Å². The molecule has 5 rings (SSSR count). The van der Waals surface area contributed by atoms with Crippen molar-refractivity contribution in [1.29, 1.82) is 0 Å². The van der Waals surface area contributed by atoms with Gasteiger partial charge in [0, 0.05) is 34.4 Å². The zero-order chi connectivity index (χ0) is 24.4. The summed E-state index contributed by atoms with van der Waals surface area (Å²) in [7, 11) is 0. The Balaban J connectivity index is 1.26. The van der Waals surface area contributed by atoms with Crippen LogP contribution in [0.25, 0.3) is 0 Å². The minimum Gasteiger partial charge on any atom is -0.477 e. The van der Waals surface area contributed by atoms with Crippen LogP contribution in [0, 0.1) is 0 Å². The van der Waals surface area contributed by atoms with E-state index < -0.39 is 23.3 Å². The van der Waals surface area contributed by atoms with Crippen molar-refractivity contribution >= 4 is 41.3 Å². The highest BCUT2D eigenvalue weighted by Gasteiger charge is 2.54. The molecule has 3 aromatic rings. The third-order valence-corrected chi connectivity index (χ3v) is 8.31. The number of amides is 2. The number of carbonyl (C=O) groups excluding carboxylic acids is 2. The van der Waals surface area contributed by atoms with Crippen LogP contribution in [0.2, 0.25) is 0 Å². The molecule has 0 bridgehead atoms. The van der Waals surface area contributed by atoms with Crippen molar-refractivity contribution in [3.8, 4) is 0 Å². The summed E-state index contributed by atoms with van der Waals surface area (Å²) in [5.74, 6) is -0.481. The van der Waals surface area contributed by atoms with E-state index in [9.17, 15) is 19.5 Å². The van der Waals surface area contributed by atoms with Gasteiger partial charge in [0.1, 0.15) is 22.9 Å². The van der Waals surface area contributed by atoms with Gasteiger partial charge in [0.25, 0.3) is 5.91 Å². The number of β-lactam (4-membered cyclic amide) rings is 1. The molecule has 2 aromatic carbocycles. The number of imidazole rings is 1. The van der Waals surface area contributed by atoms with Gasteiger partial charge < -0.3 is 15.4 Å². The molecule has 35 heavy (non-hydrogen) atoms. The molecule has 3 heterocycles.